The van der Waals surface area contributed by atoms with Gasteiger partial charge in [-0.25, -0.2) is 18.2 Å². The molecule has 0 bridgehead atoms. The van der Waals surface area contributed by atoms with E-state index in [4.69, 9.17) is 5.11 Å². The average molecular weight is 280 g/mol. The van der Waals surface area contributed by atoms with Gasteiger partial charge in [-0.05, 0) is 17.7 Å². The second kappa shape index (κ2) is 4.85. The lowest BCUT2D eigenvalue weighted by Crippen LogP contribution is -2.00. The first-order valence-corrected chi connectivity index (χ1v) is 7.29. The number of aromatic carboxylic acids is 1. The van der Waals surface area contributed by atoms with Gasteiger partial charge in [0, 0.05) is 19.0 Å². The number of hydrogen-bond donors (Lipinski definition) is 1. The fourth-order valence-electron chi connectivity index (χ4n) is 1.61. The molecule has 0 spiro atoms. The molecule has 0 saturated carbocycles. The van der Waals surface area contributed by atoms with E-state index >= 15 is 0 Å². The molecule has 6 nitrogen and oxygen atoms in total. The maximum Gasteiger partial charge on any atom is 0.356 e. The second-order valence-electron chi connectivity index (χ2n) is 4.15. The Kier molecular flexibility index (Phi) is 3.39. The van der Waals surface area contributed by atoms with E-state index in [1.54, 1.807) is 16.7 Å². The smallest absolute Gasteiger partial charge is 0.356 e. The van der Waals surface area contributed by atoms with Crippen molar-refractivity contribution in [2.75, 3.05) is 6.26 Å². The van der Waals surface area contributed by atoms with Crippen LogP contribution < -0.4 is 0 Å². The molecule has 0 aliphatic carbocycles. The molecule has 0 fully saturated rings. The Balaban J connectivity index is 2.17. The number of hydrogen-bond acceptors (Lipinski definition) is 4. The Morgan fingerprint density at radius 3 is 2.42 bits per heavy atom. The van der Waals surface area contributed by atoms with E-state index in [2.05, 4.69) is 4.98 Å². The van der Waals surface area contributed by atoms with Crippen molar-refractivity contribution in [2.24, 2.45) is 0 Å². The van der Waals surface area contributed by atoms with Crippen LogP contribution in [-0.2, 0) is 16.4 Å². The maximum absolute atomic E-state index is 11.3. The molecule has 1 N–H and O–H groups in total. The predicted octanol–water partition coefficient (Wildman–Crippen LogP) is 1.03. The minimum atomic E-state index is -3.20. The van der Waals surface area contributed by atoms with Crippen LogP contribution in [0.1, 0.15) is 16.1 Å². The summed E-state index contributed by atoms with van der Waals surface area (Å²) in [7, 11) is -3.20. The second-order valence-corrected chi connectivity index (χ2v) is 6.17. The van der Waals surface area contributed by atoms with E-state index in [-0.39, 0.29) is 10.6 Å². The van der Waals surface area contributed by atoms with E-state index < -0.39 is 15.8 Å². The highest BCUT2D eigenvalue weighted by molar-refractivity contribution is 7.90. The SMILES string of the molecule is CS(=O)(=O)c1ccc(Cn2cnc(C(=O)O)c2)cc1. The molecule has 0 atom stereocenters. The summed E-state index contributed by atoms with van der Waals surface area (Å²) in [5, 5.41) is 8.75. The summed E-state index contributed by atoms with van der Waals surface area (Å²) in [6.07, 6.45) is 4.00. The number of carboxylic acid groups (broad SMARTS) is 1. The third-order valence-electron chi connectivity index (χ3n) is 2.57. The Labute approximate surface area is 110 Å². The van der Waals surface area contributed by atoms with Crippen molar-refractivity contribution in [3.63, 3.8) is 0 Å². The standard InChI is InChI=1S/C12H12N2O4S/c1-19(17,18)10-4-2-9(3-5-10)6-14-7-11(12(15)16)13-8-14/h2-5,7-8H,6H2,1H3,(H,15,16). The van der Waals surface area contributed by atoms with Gasteiger partial charge in [-0.1, -0.05) is 12.1 Å². The highest BCUT2D eigenvalue weighted by Crippen LogP contribution is 2.11. The van der Waals surface area contributed by atoms with Crippen LogP contribution in [0.4, 0.5) is 0 Å². The van der Waals surface area contributed by atoms with Crippen molar-refractivity contribution >= 4 is 15.8 Å². The number of nitrogens with zero attached hydrogens (tertiary/aromatic N) is 2. The zero-order valence-electron chi connectivity index (χ0n) is 10.1. The quantitative estimate of drug-likeness (QED) is 0.903. The number of imidazole rings is 1. The third kappa shape index (κ3) is 3.19. The lowest BCUT2D eigenvalue weighted by atomic mass is 10.2. The van der Waals surface area contributed by atoms with Crippen molar-refractivity contribution in [3.05, 3.63) is 48.0 Å². The first-order chi connectivity index (χ1) is 8.86. The third-order valence-corrected chi connectivity index (χ3v) is 3.70. The van der Waals surface area contributed by atoms with Gasteiger partial charge in [0.2, 0.25) is 0 Å². The molecule has 0 saturated heterocycles. The van der Waals surface area contributed by atoms with Gasteiger partial charge in [0.05, 0.1) is 11.2 Å². The first-order valence-electron chi connectivity index (χ1n) is 5.40. The minimum Gasteiger partial charge on any atom is -0.476 e. The molecule has 1 aromatic heterocycles. The lowest BCUT2D eigenvalue weighted by Gasteiger charge is -2.03. The molecule has 2 rings (SSSR count). The minimum absolute atomic E-state index is 0.0206. The van der Waals surface area contributed by atoms with Crippen LogP contribution in [0.25, 0.3) is 0 Å². The number of rotatable bonds is 4. The van der Waals surface area contributed by atoms with Crippen LogP contribution in [0, 0.1) is 0 Å². The summed E-state index contributed by atoms with van der Waals surface area (Å²) in [6, 6.07) is 6.44. The van der Waals surface area contributed by atoms with E-state index in [0.717, 1.165) is 11.8 Å². The number of benzene rings is 1. The number of carboxylic acids is 1. The molecule has 2 aromatic rings. The number of carbonyl (C=O) groups is 1. The van der Waals surface area contributed by atoms with Crippen LogP contribution in [0.2, 0.25) is 0 Å². The van der Waals surface area contributed by atoms with Crippen LogP contribution in [0.5, 0.6) is 0 Å². The van der Waals surface area contributed by atoms with E-state index in [9.17, 15) is 13.2 Å². The van der Waals surface area contributed by atoms with Gasteiger partial charge in [-0.2, -0.15) is 0 Å². The predicted molar refractivity (Wildman–Crippen MR) is 67.8 cm³/mol. The van der Waals surface area contributed by atoms with Gasteiger partial charge in [0.25, 0.3) is 0 Å². The molecule has 7 heteroatoms. The largest absolute Gasteiger partial charge is 0.476 e. The molecule has 19 heavy (non-hydrogen) atoms. The normalized spacial score (nSPS) is 11.4. The fourth-order valence-corrected chi connectivity index (χ4v) is 2.24. The maximum atomic E-state index is 11.3. The number of aromatic nitrogens is 2. The molecular formula is C12H12N2O4S. The van der Waals surface area contributed by atoms with Crippen LogP contribution >= 0.6 is 0 Å². The molecular weight excluding hydrogens is 268 g/mol. The highest BCUT2D eigenvalue weighted by atomic mass is 32.2. The van der Waals surface area contributed by atoms with E-state index in [1.165, 1.54) is 24.7 Å². The van der Waals surface area contributed by atoms with E-state index in [1.807, 2.05) is 0 Å². The van der Waals surface area contributed by atoms with Gasteiger partial charge in [-0.3, -0.25) is 0 Å². The van der Waals surface area contributed by atoms with Gasteiger partial charge < -0.3 is 9.67 Å². The summed E-state index contributed by atoms with van der Waals surface area (Å²) in [5.74, 6) is -1.08. The summed E-state index contributed by atoms with van der Waals surface area (Å²) < 4.78 is 24.2. The molecule has 1 heterocycles. The van der Waals surface area contributed by atoms with Gasteiger partial charge in [0.15, 0.2) is 15.5 Å². The zero-order chi connectivity index (χ0) is 14.0. The Morgan fingerprint density at radius 2 is 1.95 bits per heavy atom. The van der Waals surface area contributed by atoms with Crippen molar-refractivity contribution < 1.29 is 18.3 Å². The Hall–Kier alpha value is -2.15. The monoisotopic (exact) mass is 280 g/mol. The zero-order valence-corrected chi connectivity index (χ0v) is 11.0. The Morgan fingerprint density at radius 1 is 1.32 bits per heavy atom. The molecule has 0 aliphatic rings. The first kappa shape index (κ1) is 13.3. The summed E-state index contributed by atoms with van der Waals surface area (Å²) >= 11 is 0. The van der Waals surface area contributed by atoms with Crippen molar-refractivity contribution in [3.8, 4) is 0 Å². The van der Waals surface area contributed by atoms with Gasteiger partial charge in [-0.15, -0.1) is 0 Å². The number of sulfone groups is 1. The fraction of sp³-hybridized carbons (Fsp3) is 0.167. The molecule has 0 amide bonds. The van der Waals surface area contributed by atoms with Crippen molar-refractivity contribution in [2.45, 2.75) is 11.4 Å². The summed E-state index contributed by atoms with van der Waals surface area (Å²) in [5.41, 5.74) is 0.842. The summed E-state index contributed by atoms with van der Waals surface area (Å²) in [6.45, 7) is 0.435. The van der Waals surface area contributed by atoms with Crippen LogP contribution in [0.15, 0.2) is 41.7 Å². The molecule has 0 unspecified atom stereocenters. The molecule has 1 aromatic carbocycles. The summed E-state index contributed by atoms with van der Waals surface area (Å²) in [4.78, 5) is 14.7. The molecule has 0 aliphatic heterocycles. The van der Waals surface area contributed by atoms with Crippen molar-refractivity contribution in [1.82, 2.24) is 9.55 Å². The average Bonchev–Trinajstić information content (AvgIpc) is 2.77. The Bertz CT molecular complexity index is 702. The highest BCUT2D eigenvalue weighted by Gasteiger charge is 2.08. The van der Waals surface area contributed by atoms with Crippen LogP contribution in [-0.4, -0.2) is 35.3 Å². The lowest BCUT2D eigenvalue weighted by molar-refractivity contribution is 0.0691. The molecule has 0 radical (unpaired) electrons. The van der Waals surface area contributed by atoms with Crippen molar-refractivity contribution in [1.29, 1.82) is 0 Å². The molecule has 100 valence electrons. The van der Waals surface area contributed by atoms with Crippen LogP contribution in [0.3, 0.4) is 0 Å². The topological polar surface area (TPSA) is 89.3 Å². The van der Waals surface area contributed by atoms with Gasteiger partial charge >= 0.3 is 5.97 Å². The van der Waals surface area contributed by atoms with E-state index in [0.29, 0.717) is 6.54 Å². The van der Waals surface area contributed by atoms with Gasteiger partial charge in [0.1, 0.15) is 0 Å².